The molecule has 0 aliphatic carbocycles. The molecule has 10 nitrogen and oxygen atoms in total. The zero-order valence-corrected chi connectivity index (χ0v) is 27.0. The molecule has 1 N–H and O–H groups in total. The molecule has 0 saturated carbocycles. The summed E-state index contributed by atoms with van der Waals surface area (Å²) in [7, 11) is -1.13. The van der Waals surface area contributed by atoms with Gasteiger partial charge in [0.2, 0.25) is 5.88 Å². The lowest BCUT2D eigenvalue weighted by molar-refractivity contribution is -0.142. The van der Waals surface area contributed by atoms with Gasteiger partial charge >= 0.3 is 0 Å². The smallest absolute Gasteiger partial charge is 0.251 e. The quantitative estimate of drug-likeness (QED) is 0.183. The van der Waals surface area contributed by atoms with E-state index in [0.29, 0.717) is 43.5 Å². The maximum absolute atomic E-state index is 12.3. The standard InChI is InChI=1S/C33H42N6O4Si/c1-23(40)33(41)37-20-27-8-9-28(21-37)38(27)19-26-7-5-24-17-29(10-11-30(24)36-26)43-32-12-6-25(18-34-32)31-13-14-35-39(31)22-42-15-16-44(2,3)4/h5-7,10-14,17-18,23,27-28,40H,8-9,15-16,19-22H2,1-4H3/t23-,27?,28?/m0/s1. The number of rotatable bonds is 11. The first-order chi connectivity index (χ1) is 21.1. The van der Waals surface area contributed by atoms with Crippen molar-refractivity contribution in [3.8, 4) is 22.9 Å². The second kappa shape index (κ2) is 12.8. The zero-order valence-electron chi connectivity index (χ0n) is 26.0. The molecule has 0 spiro atoms. The molecule has 5 heterocycles. The van der Waals surface area contributed by atoms with Gasteiger partial charge in [0.05, 0.1) is 16.9 Å². The Bertz CT molecular complexity index is 1590. The first kappa shape index (κ1) is 30.4. The van der Waals surface area contributed by atoms with Gasteiger partial charge in [-0.1, -0.05) is 25.7 Å². The highest BCUT2D eigenvalue weighted by Gasteiger charge is 2.41. The Labute approximate surface area is 259 Å². The highest BCUT2D eigenvalue weighted by atomic mass is 28.3. The predicted octanol–water partition coefficient (Wildman–Crippen LogP) is 5.15. The van der Waals surface area contributed by atoms with Gasteiger partial charge in [0, 0.05) is 75.8 Å². The van der Waals surface area contributed by atoms with Crippen LogP contribution in [0.2, 0.25) is 25.7 Å². The number of benzene rings is 1. The summed E-state index contributed by atoms with van der Waals surface area (Å²) in [6, 6.07) is 17.6. The number of pyridine rings is 2. The molecule has 232 valence electrons. The number of amides is 1. The van der Waals surface area contributed by atoms with Crippen LogP contribution in [0, 0.1) is 0 Å². The molecule has 1 amide bonds. The number of nitrogens with zero attached hydrogens (tertiary/aromatic N) is 6. The van der Waals surface area contributed by atoms with Crippen LogP contribution >= 0.6 is 0 Å². The number of aliphatic hydroxyl groups is 1. The van der Waals surface area contributed by atoms with Gasteiger partial charge in [0.15, 0.2) is 0 Å². The third-order valence-corrected chi connectivity index (χ3v) is 10.3. The molecule has 2 aliphatic heterocycles. The SMILES string of the molecule is C[C@H](O)C(=O)N1CC2CCC(C1)N2Cc1ccc2cc(Oc3ccc(-c4ccnn4COCC[Si](C)(C)C)cn3)ccc2n1. The molecule has 2 fully saturated rings. The van der Waals surface area contributed by atoms with E-state index in [1.54, 1.807) is 19.3 Å². The van der Waals surface area contributed by atoms with Gasteiger partial charge in [-0.15, -0.1) is 0 Å². The maximum Gasteiger partial charge on any atom is 0.251 e. The molecule has 44 heavy (non-hydrogen) atoms. The second-order valence-corrected chi connectivity index (χ2v) is 18.8. The van der Waals surface area contributed by atoms with E-state index >= 15 is 0 Å². The number of piperazine rings is 1. The first-order valence-electron chi connectivity index (χ1n) is 15.5. The molecule has 4 aromatic rings. The van der Waals surface area contributed by atoms with Gasteiger partial charge in [-0.25, -0.2) is 9.67 Å². The predicted molar refractivity (Wildman–Crippen MR) is 172 cm³/mol. The number of hydrogen-bond donors (Lipinski definition) is 1. The van der Waals surface area contributed by atoms with Crippen molar-refractivity contribution in [2.45, 2.75) is 76.9 Å². The summed E-state index contributed by atoms with van der Waals surface area (Å²) in [5, 5.41) is 15.2. The summed E-state index contributed by atoms with van der Waals surface area (Å²) in [5.74, 6) is 1.04. The van der Waals surface area contributed by atoms with Crippen LogP contribution in [-0.4, -0.2) is 86.5 Å². The van der Waals surface area contributed by atoms with Crippen LogP contribution in [0.1, 0.15) is 25.5 Å². The molecule has 2 saturated heterocycles. The molecule has 2 bridgehead atoms. The molecule has 3 aromatic heterocycles. The average molecular weight is 615 g/mol. The van der Waals surface area contributed by atoms with E-state index in [0.717, 1.165) is 59.9 Å². The third-order valence-electron chi connectivity index (χ3n) is 8.55. The van der Waals surface area contributed by atoms with Crippen molar-refractivity contribution >= 4 is 24.9 Å². The molecule has 2 aliphatic rings. The summed E-state index contributed by atoms with van der Waals surface area (Å²) in [5.41, 5.74) is 3.82. The number of aromatic nitrogens is 4. The molecule has 6 rings (SSSR count). The summed E-state index contributed by atoms with van der Waals surface area (Å²) in [6.45, 7) is 11.8. The number of hydrogen-bond acceptors (Lipinski definition) is 8. The minimum absolute atomic E-state index is 0.171. The zero-order chi connectivity index (χ0) is 30.8. The highest BCUT2D eigenvalue weighted by molar-refractivity contribution is 6.76. The van der Waals surface area contributed by atoms with Gasteiger partial charge in [0.1, 0.15) is 18.6 Å². The average Bonchev–Trinajstić information content (AvgIpc) is 3.54. The van der Waals surface area contributed by atoms with Crippen molar-refractivity contribution in [2.24, 2.45) is 0 Å². The molecule has 3 atom stereocenters. The van der Waals surface area contributed by atoms with Gasteiger partial charge in [0.25, 0.3) is 5.91 Å². The van der Waals surface area contributed by atoms with Crippen LogP contribution in [0.15, 0.2) is 60.9 Å². The summed E-state index contributed by atoms with van der Waals surface area (Å²) < 4.78 is 13.8. The number of ether oxygens (including phenoxy) is 2. The van der Waals surface area contributed by atoms with E-state index in [-0.39, 0.29) is 5.91 Å². The fraction of sp³-hybridized carbons (Fsp3) is 0.455. The molecule has 2 unspecified atom stereocenters. The maximum atomic E-state index is 12.3. The molecular weight excluding hydrogens is 572 g/mol. The highest BCUT2D eigenvalue weighted by Crippen LogP contribution is 2.32. The third kappa shape index (κ3) is 7.01. The number of carbonyl (C=O) groups excluding carboxylic acids is 1. The molecular formula is C33H42N6O4Si. The fourth-order valence-corrected chi connectivity index (χ4v) is 6.86. The van der Waals surface area contributed by atoms with Crippen molar-refractivity contribution < 1.29 is 19.4 Å². The Morgan fingerprint density at radius 3 is 2.57 bits per heavy atom. The van der Waals surface area contributed by atoms with E-state index in [4.69, 9.17) is 14.5 Å². The van der Waals surface area contributed by atoms with E-state index in [1.807, 2.05) is 46.0 Å². The Hall–Kier alpha value is -3.64. The first-order valence-corrected chi connectivity index (χ1v) is 19.2. The van der Waals surface area contributed by atoms with Gasteiger partial charge in [-0.3, -0.25) is 14.7 Å². The number of likely N-dealkylation sites (tertiary alicyclic amines) is 1. The largest absolute Gasteiger partial charge is 0.439 e. The van der Waals surface area contributed by atoms with E-state index in [2.05, 4.69) is 46.8 Å². The van der Waals surface area contributed by atoms with Crippen molar-refractivity contribution in [1.29, 1.82) is 0 Å². The number of carbonyl (C=O) groups is 1. The van der Waals surface area contributed by atoms with Crippen LogP contribution in [-0.2, 0) is 22.8 Å². The topological polar surface area (TPSA) is 106 Å². The lowest BCUT2D eigenvalue weighted by Crippen LogP contribution is -2.56. The van der Waals surface area contributed by atoms with Gasteiger partial charge in [-0.05, 0) is 62.2 Å². The minimum atomic E-state index is -1.13. The minimum Gasteiger partial charge on any atom is -0.439 e. The van der Waals surface area contributed by atoms with E-state index < -0.39 is 14.2 Å². The van der Waals surface area contributed by atoms with Crippen molar-refractivity contribution in [3.05, 3.63) is 66.6 Å². The monoisotopic (exact) mass is 614 g/mol. The molecule has 1 aromatic carbocycles. The second-order valence-electron chi connectivity index (χ2n) is 13.2. The summed E-state index contributed by atoms with van der Waals surface area (Å²) >= 11 is 0. The van der Waals surface area contributed by atoms with E-state index in [1.165, 1.54) is 0 Å². The summed E-state index contributed by atoms with van der Waals surface area (Å²) in [4.78, 5) is 26.1. The number of fused-ring (bicyclic) bond motifs is 3. The van der Waals surface area contributed by atoms with Gasteiger partial charge < -0.3 is 19.5 Å². The normalized spacial score (nSPS) is 19.4. The van der Waals surface area contributed by atoms with E-state index in [9.17, 15) is 9.90 Å². The van der Waals surface area contributed by atoms with Crippen LogP contribution in [0.4, 0.5) is 0 Å². The Morgan fingerprint density at radius 2 is 1.86 bits per heavy atom. The lowest BCUT2D eigenvalue weighted by atomic mass is 10.1. The lowest BCUT2D eigenvalue weighted by Gasteiger charge is -2.41. The molecule has 0 radical (unpaired) electrons. The van der Waals surface area contributed by atoms with Crippen molar-refractivity contribution in [2.75, 3.05) is 19.7 Å². The van der Waals surface area contributed by atoms with Crippen LogP contribution in [0.3, 0.4) is 0 Å². The van der Waals surface area contributed by atoms with Gasteiger partial charge in [-0.2, -0.15) is 5.10 Å². The number of aliphatic hydroxyl groups excluding tert-OH is 1. The van der Waals surface area contributed by atoms with Crippen LogP contribution < -0.4 is 4.74 Å². The Kier molecular flexibility index (Phi) is 8.81. The molecule has 11 heteroatoms. The fourth-order valence-electron chi connectivity index (χ4n) is 6.10. The van der Waals surface area contributed by atoms with Crippen molar-refractivity contribution in [3.63, 3.8) is 0 Å². The van der Waals surface area contributed by atoms with Crippen LogP contribution in [0.5, 0.6) is 11.6 Å². The Morgan fingerprint density at radius 1 is 1.07 bits per heavy atom. The van der Waals surface area contributed by atoms with Crippen LogP contribution in [0.25, 0.3) is 22.2 Å². The summed E-state index contributed by atoms with van der Waals surface area (Å²) in [6.07, 6.45) is 4.76. The Balaban J connectivity index is 1.06. The van der Waals surface area contributed by atoms with Crippen molar-refractivity contribution in [1.82, 2.24) is 29.5 Å².